The number of aromatic amines is 1. The lowest BCUT2D eigenvalue weighted by molar-refractivity contribution is -0.145. The molecule has 0 saturated carbocycles. The molecule has 0 amide bonds. The van der Waals surface area contributed by atoms with Crippen LogP contribution in [0.15, 0.2) is 35.2 Å². The summed E-state index contributed by atoms with van der Waals surface area (Å²) in [4.78, 5) is 40.7. The molecule has 0 unspecified atom stereocenters. The zero-order chi connectivity index (χ0) is 20.1. The molecule has 2 aromatic rings. The molecule has 1 aromatic heterocycles. The van der Waals surface area contributed by atoms with Crippen molar-refractivity contribution >= 4 is 29.5 Å². The molecule has 0 aliphatic rings. The summed E-state index contributed by atoms with van der Waals surface area (Å²) in [5, 5.41) is -0.459. The number of esters is 2. The lowest BCUT2D eigenvalue weighted by Gasteiger charge is -2.16. The average Bonchev–Trinajstić information content (AvgIpc) is 2.95. The van der Waals surface area contributed by atoms with E-state index in [1.807, 2.05) is 30.3 Å². The molecule has 144 valence electrons. The molecular formula is C20H23NO5S. The van der Waals surface area contributed by atoms with E-state index >= 15 is 0 Å². The van der Waals surface area contributed by atoms with Gasteiger partial charge in [-0.25, -0.2) is 4.79 Å². The smallest absolute Gasteiger partial charge is 0.339 e. The molecule has 0 fully saturated rings. The van der Waals surface area contributed by atoms with Crippen molar-refractivity contribution in [3.05, 3.63) is 52.8 Å². The maximum absolute atomic E-state index is 12.7. The van der Waals surface area contributed by atoms with Gasteiger partial charge in [-0.1, -0.05) is 18.2 Å². The van der Waals surface area contributed by atoms with Gasteiger partial charge < -0.3 is 14.5 Å². The number of carbonyl (C=O) groups is 3. The number of Topliss-reactive ketones (excluding diaryl/α,β-unsaturated/α-hetero) is 1. The fourth-order valence-electron chi connectivity index (χ4n) is 2.68. The van der Waals surface area contributed by atoms with Crippen molar-refractivity contribution in [3.63, 3.8) is 0 Å². The first-order chi connectivity index (χ1) is 12.8. The molecule has 0 saturated heterocycles. The molecule has 1 aromatic carbocycles. The Morgan fingerprint density at radius 3 is 2.30 bits per heavy atom. The molecule has 0 bridgehead atoms. The van der Waals surface area contributed by atoms with E-state index in [4.69, 9.17) is 9.47 Å². The number of thioether (sulfide) groups is 1. The lowest BCUT2D eigenvalue weighted by atomic mass is 10.1. The second kappa shape index (κ2) is 8.90. The molecule has 0 radical (unpaired) electrons. The Hall–Kier alpha value is -2.54. The summed E-state index contributed by atoms with van der Waals surface area (Å²) in [7, 11) is 1.28. The van der Waals surface area contributed by atoms with Crippen LogP contribution in [0.25, 0.3) is 0 Å². The molecule has 27 heavy (non-hydrogen) atoms. The molecule has 0 aliphatic heterocycles. The van der Waals surface area contributed by atoms with Crippen molar-refractivity contribution < 1.29 is 23.9 Å². The summed E-state index contributed by atoms with van der Waals surface area (Å²) in [6.45, 7) is 6.60. The first-order valence-corrected chi connectivity index (χ1v) is 9.38. The minimum absolute atomic E-state index is 0.247. The number of benzene rings is 1. The van der Waals surface area contributed by atoms with E-state index in [-0.39, 0.29) is 5.69 Å². The Bertz CT molecular complexity index is 844. The van der Waals surface area contributed by atoms with E-state index in [0.717, 1.165) is 4.90 Å². The zero-order valence-corrected chi connectivity index (χ0v) is 16.8. The van der Waals surface area contributed by atoms with E-state index < -0.39 is 29.1 Å². The third-order valence-electron chi connectivity index (χ3n) is 4.12. The van der Waals surface area contributed by atoms with Crippen LogP contribution in [0.1, 0.15) is 46.0 Å². The van der Waals surface area contributed by atoms with Crippen LogP contribution in [0.3, 0.4) is 0 Å². The van der Waals surface area contributed by atoms with Gasteiger partial charge in [0.1, 0.15) is 5.25 Å². The van der Waals surface area contributed by atoms with Gasteiger partial charge in [-0.2, -0.15) is 0 Å². The summed E-state index contributed by atoms with van der Waals surface area (Å²) in [6, 6.07) is 9.49. The van der Waals surface area contributed by atoms with E-state index in [9.17, 15) is 14.4 Å². The van der Waals surface area contributed by atoms with Gasteiger partial charge in [0.15, 0.2) is 6.10 Å². The Morgan fingerprint density at radius 1 is 1.07 bits per heavy atom. The summed E-state index contributed by atoms with van der Waals surface area (Å²) in [6.07, 6.45) is -0.974. The number of ether oxygens (including phenoxy) is 2. The number of H-pyrrole nitrogens is 1. The normalized spacial score (nSPS) is 12.9. The summed E-state index contributed by atoms with van der Waals surface area (Å²) in [5.74, 6) is -1.38. The largest absolute Gasteiger partial charge is 0.465 e. The molecule has 7 heteroatoms. The number of aromatic nitrogens is 1. The van der Waals surface area contributed by atoms with E-state index in [1.54, 1.807) is 20.8 Å². The number of ketones is 1. The van der Waals surface area contributed by atoms with Crippen LogP contribution in [-0.4, -0.2) is 41.2 Å². The van der Waals surface area contributed by atoms with Gasteiger partial charge in [-0.15, -0.1) is 11.8 Å². The quantitative estimate of drug-likeness (QED) is 0.441. The van der Waals surface area contributed by atoms with Crippen molar-refractivity contribution in [1.29, 1.82) is 0 Å². The van der Waals surface area contributed by atoms with Gasteiger partial charge in [0.25, 0.3) is 0 Å². The first-order valence-electron chi connectivity index (χ1n) is 8.50. The highest BCUT2D eigenvalue weighted by Crippen LogP contribution is 2.25. The molecule has 0 aliphatic carbocycles. The molecule has 6 nitrogen and oxygen atoms in total. The maximum Gasteiger partial charge on any atom is 0.339 e. The number of hydrogen-bond acceptors (Lipinski definition) is 6. The second-order valence-corrected chi connectivity index (χ2v) is 7.55. The fourth-order valence-corrected chi connectivity index (χ4v) is 3.56. The monoisotopic (exact) mass is 389 g/mol. The molecular weight excluding hydrogens is 366 g/mol. The molecule has 2 atom stereocenters. The molecule has 0 spiro atoms. The van der Waals surface area contributed by atoms with Crippen LogP contribution in [0.5, 0.6) is 0 Å². The standard InChI is InChI=1S/C20H23NO5S/c1-11-16(20(24)25-5)12(2)21-17(11)18(22)13(3)26-19(23)14(4)27-15-9-7-6-8-10-15/h6-10,13-14,21H,1-5H3/t13-,14-/m0/s1. The summed E-state index contributed by atoms with van der Waals surface area (Å²) < 4.78 is 10.1. The number of nitrogens with one attached hydrogen (secondary N) is 1. The van der Waals surface area contributed by atoms with Crippen molar-refractivity contribution in [2.24, 2.45) is 0 Å². The lowest BCUT2D eigenvalue weighted by Crippen LogP contribution is -2.29. The van der Waals surface area contributed by atoms with Crippen LogP contribution in [0.4, 0.5) is 0 Å². The fraction of sp³-hybridized carbons (Fsp3) is 0.350. The van der Waals surface area contributed by atoms with Crippen molar-refractivity contribution in [3.8, 4) is 0 Å². The SMILES string of the molecule is COC(=O)c1c(C)[nH]c(C(=O)[C@H](C)OC(=O)[C@H](C)Sc2ccccc2)c1C. The third-order valence-corrected chi connectivity index (χ3v) is 5.21. The van der Waals surface area contributed by atoms with Crippen LogP contribution in [0, 0.1) is 13.8 Å². The van der Waals surface area contributed by atoms with Gasteiger partial charge in [0.05, 0.1) is 18.4 Å². The van der Waals surface area contributed by atoms with E-state index in [1.165, 1.54) is 25.8 Å². The Kier molecular flexibility index (Phi) is 6.85. The van der Waals surface area contributed by atoms with Crippen molar-refractivity contribution in [2.45, 2.75) is 43.9 Å². The second-order valence-electron chi connectivity index (χ2n) is 6.13. The highest BCUT2D eigenvalue weighted by atomic mass is 32.2. The topological polar surface area (TPSA) is 85.5 Å². The first kappa shape index (κ1) is 20.8. The minimum Gasteiger partial charge on any atom is -0.465 e. The number of methoxy groups -OCH3 is 1. The molecule has 2 rings (SSSR count). The summed E-state index contributed by atoms with van der Waals surface area (Å²) >= 11 is 1.36. The average molecular weight is 389 g/mol. The van der Waals surface area contributed by atoms with E-state index in [2.05, 4.69) is 4.98 Å². The van der Waals surface area contributed by atoms with Crippen LogP contribution >= 0.6 is 11.8 Å². The molecule has 1 N–H and O–H groups in total. The Morgan fingerprint density at radius 2 is 1.70 bits per heavy atom. The highest BCUT2D eigenvalue weighted by Gasteiger charge is 2.28. The van der Waals surface area contributed by atoms with Crippen LogP contribution < -0.4 is 0 Å². The molecule has 1 heterocycles. The summed E-state index contributed by atoms with van der Waals surface area (Å²) in [5.41, 5.74) is 1.59. The van der Waals surface area contributed by atoms with Gasteiger partial charge in [0, 0.05) is 10.6 Å². The predicted octanol–water partition coefficient (Wildman–Crippen LogP) is 3.71. The zero-order valence-electron chi connectivity index (χ0n) is 16.0. The van der Waals surface area contributed by atoms with Crippen LogP contribution in [0.2, 0.25) is 0 Å². The Labute approximate surface area is 162 Å². The minimum atomic E-state index is -0.974. The Balaban J connectivity index is 2.07. The van der Waals surface area contributed by atoms with E-state index in [0.29, 0.717) is 16.8 Å². The van der Waals surface area contributed by atoms with Crippen molar-refractivity contribution in [2.75, 3.05) is 7.11 Å². The number of rotatable bonds is 7. The van der Waals surface area contributed by atoms with Crippen molar-refractivity contribution in [1.82, 2.24) is 4.98 Å². The third kappa shape index (κ3) is 4.80. The number of carbonyl (C=O) groups excluding carboxylic acids is 3. The van der Waals surface area contributed by atoms with Gasteiger partial charge in [0.2, 0.25) is 5.78 Å². The predicted molar refractivity (Wildman–Crippen MR) is 103 cm³/mol. The van der Waals surface area contributed by atoms with Gasteiger partial charge in [-0.3, -0.25) is 9.59 Å². The number of hydrogen-bond donors (Lipinski definition) is 1. The van der Waals surface area contributed by atoms with Gasteiger partial charge >= 0.3 is 11.9 Å². The number of aryl methyl sites for hydroxylation is 1. The maximum atomic E-state index is 12.7. The highest BCUT2D eigenvalue weighted by molar-refractivity contribution is 8.00. The van der Waals surface area contributed by atoms with Crippen LogP contribution in [-0.2, 0) is 14.3 Å². The van der Waals surface area contributed by atoms with Gasteiger partial charge in [-0.05, 0) is 45.4 Å².